The molecule has 0 fully saturated rings. The molecule has 0 atom stereocenters. The van der Waals surface area contributed by atoms with Crippen molar-refractivity contribution in [1.82, 2.24) is 0 Å². The Balaban J connectivity index is -0.0000000910. The molecule has 0 heterocycles. The maximum atomic E-state index is 9.04. The molecule has 54 valence electrons. The van der Waals surface area contributed by atoms with Crippen LogP contribution in [0.3, 0.4) is 0 Å². The van der Waals surface area contributed by atoms with Crippen molar-refractivity contribution in [2.45, 2.75) is 0 Å². The van der Waals surface area contributed by atoms with Crippen LogP contribution in [0.15, 0.2) is 0 Å². The van der Waals surface area contributed by atoms with Crippen molar-refractivity contribution >= 4 is 34.8 Å². The molecule has 4 N–H and O–H groups in total. The maximum Gasteiger partial charge on any atom is 1.00 e. The third-order valence-corrected chi connectivity index (χ3v) is 0.368. The molecule has 0 rings (SSSR count). The van der Waals surface area contributed by atoms with Crippen LogP contribution in [0, 0.1) is 0 Å². The molecule has 0 aliphatic rings. The Hall–Kier alpha value is 1.02. The van der Waals surface area contributed by atoms with E-state index in [1.807, 2.05) is 0 Å². The van der Waals surface area contributed by atoms with Gasteiger partial charge in [-0.3, -0.25) is 0 Å². The predicted octanol–water partition coefficient (Wildman–Crippen LogP) is -4.53. The van der Waals surface area contributed by atoms with E-state index in [0.29, 0.717) is 0 Å². The number of methoxy groups -OCH3 is 1. The Morgan fingerprint density at radius 2 is 1.50 bits per heavy atom. The standard InChI is InChI=1S/C2H5NOS.CH3NOS.K/c1-4-2(3)5;2-1(3)4;/h1H3,(H2,3,5);(H3,2,3,4);/q;;+1/p-1. The van der Waals surface area contributed by atoms with Gasteiger partial charge in [-0.1, -0.05) is 12.2 Å². The number of ether oxygens (including phenoxy) is 1. The van der Waals surface area contributed by atoms with E-state index in [0.717, 1.165) is 0 Å². The Morgan fingerprint density at radius 1 is 1.40 bits per heavy atom. The van der Waals surface area contributed by atoms with Crippen LogP contribution in [-0.4, -0.2) is 17.5 Å². The number of thiocarbonyl (C=S) groups is 2. The molecule has 0 aliphatic carbocycles. The van der Waals surface area contributed by atoms with Crippen molar-refractivity contribution in [3.05, 3.63) is 0 Å². The summed E-state index contributed by atoms with van der Waals surface area (Å²) in [5, 5.41) is 8.38. The Morgan fingerprint density at radius 3 is 1.50 bits per heavy atom. The summed E-state index contributed by atoms with van der Waals surface area (Å²) < 4.78 is 4.26. The molecule has 0 spiro atoms. The van der Waals surface area contributed by atoms with E-state index in [4.69, 9.17) is 10.8 Å². The van der Waals surface area contributed by atoms with Crippen molar-refractivity contribution in [3.8, 4) is 0 Å². The average Bonchev–Trinajstić information content (AvgIpc) is 1.65. The fourth-order valence-electron chi connectivity index (χ4n) is 0. The first-order valence-electron chi connectivity index (χ1n) is 1.80. The molecule has 4 nitrogen and oxygen atoms in total. The molecule has 0 aromatic heterocycles. The van der Waals surface area contributed by atoms with Crippen LogP contribution in [0.4, 0.5) is 0 Å². The fourth-order valence-corrected chi connectivity index (χ4v) is 0. The van der Waals surface area contributed by atoms with Crippen LogP contribution in [0.2, 0.25) is 0 Å². The molecule has 0 aromatic rings. The third kappa shape index (κ3) is 63.7. The first-order valence-corrected chi connectivity index (χ1v) is 2.62. The van der Waals surface area contributed by atoms with E-state index in [1.165, 1.54) is 7.11 Å². The van der Waals surface area contributed by atoms with E-state index in [2.05, 4.69) is 34.9 Å². The molecule has 0 saturated heterocycles. The minimum Gasteiger partial charge on any atom is -0.852 e. The van der Waals surface area contributed by atoms with E-state index >= 15 is 0 Å². The summed E-state index contributed by atoms with van der Waals surface area (Å²) in [6.45, 7) is 0. The van der Waals surface area contributed by atoms with Gasteiger partial charge in [0.05, 0.1) is 7.11 Å². The summed E-state index contributed by atoms with van der Waals surface area (Å²) in [6.07, 6.45) is 0. The zero-order chi connectivity index (χ0) is 7.86. The van der Waals surface area contributed by atoms with Crippen molar-refractivity contribution in [3.63, 3.8) is 0 Å². The van der Waals surface area contributed by atoms with Crippen molar-refractivity contribution < 1.29 is 61.2 Å². The maximum absolute atomic E-state index is 9.04. The van der Waals surface area contributed by atoms with Gasteiger partial charge in [0.1, 0.15) is 0 Å². The molecule has 0 bridgehead atoms. The Labute approximate surface area is 113 Å². The van der Waals surface area contributed by atoms with Gasteiger partial charge in [-0.2, -0.15) is 0 Å². The van der Waals surface area contributed by atoms with Gasteiger partial charge in [0.25, 0.3) is 5.17 Å². The largest absolute Gasteiger partial charge is 1.00 e. The van der Waals surface area contributed by atoms with Crippen LogP contribution in [0.5, 0.6) is 0 Å². The van der Waals surface area contributed by atoms with Gasteiger partial charge in [-0.05, 0) is 12.2 Å². The smallest absolute Gasteiger partial charge is 0.852 e. The fraction of sp³-hybridized carbons (Fsp3) is 0.333. The number of hydrogen-bond donors (Lipinski definition) is 2. The zero-order valence-corrected chi connectivity index (χ0v) is 10.5. The van der Waals surface area contributed by atoms with E-state index in [1.54, 1.807) is 0 Å². The van der Waals surface area contributed by atoms with E-state index in [-0.39, 0.29) is 56.6 Å². The summed E-state index contributed by atoms with van der Waals surface area (Å²) >= 11 is 8.01. The van der Waals surface area contributed by atoms with Crippen molar-refractivity contribution in [2.24, 2.45) is 11.5 Å². The van der Waals surface area contributed by atoms with Crippen LogP contribution in [0.1, 0.15) is 0 Å². The van der Waals surface area contributed by atoms with Crippen molar-refractivity contribution in [2.75, 3.05) is 7.11 Å². The summed E-state index contributed by atoms with van der Waals surface area (Å²) in [4.78, 5) is 0. The van der Waals surface area contributed by atoms with Crippen LogP contribution in [0.25, 0.3) is 0 Å². The molecule has 0 radical (unpaired) electrons. The first-order chi connectivity index (χ1) is 4.00. The monoisotopic (exact) mass is 206 g/mol. The van der Waals surface area contributed by atoms with Gasteiger partial charge >= 0.3 is 51.4 Å². The van der Waals surface area contributed by atoms with Gasteiger partial charge < -0.3 is 21.3 Å². The molecule has 0 unspecified atom stereocenters. The molecule has 0 amide bonds. The minimum absolute atomic E-state index is 0. The quantitative estimate of drug-likeness (QED) is 0.307. The van der Waals surface area contributed by atoms with Crippen molar-refractivity contribution in [1.29, 1.82) is 0 Å². The number of hydrogen-bond acceptors (Lipinski definition) is 4. The average molecular weight is 206 g/mol. The molecule has 0 aromatic carbocycles. The normalized spacial score (nSPS) is 5.70. The van der Waals surface area contributed by atoms with Gasteiger partial charge in [0.15, 0.2) is 0 Å². The van der Waals surface area contributed by atoms with Crippen LogP contribution < -0.4 is 68.0 Å². The SMILES string of the molecule is COC(N)=S.NC([O-])=S.[K+]. The van der Waals surface area contributed by atoms with Crippen LogP contribution in [-0.2, 0) is 4.74 Å². The number of nitrogens with two attached hydrogens (primary N) is 2. The number of rotatable bonds is 0. The Bertz CT molecular complexity index is 107. The van der Waals surface area contributed by atoms with Gasteiger partial charge in [0, 0.05) is 5.17 Å². The minimum atomic E-state index is -0.750. The summed E-state index contributed by atoms with van der Waals surface area (Å²) in [5.41, 5.74) is 9.09. The second-order valence-corrected chi connectivity index (χ2v) is 1.65. The third-order valence-electron chi connectivity index (χ3n) is 0.201. The Kier molecular flexibility index (Phi) is 21.8. The van der Waals surface area contributed by atoms with Crippen LogP contribution >= 0.6 is 24.4 Å². The summed E-state index contributed by atoms with van der Waals surface area (Å²) in [5.74, 6) is 0. The zero-order valence-electron chi connectivity index (χ0n) is 5.79. The topological polar surface area (TPSA) is 84.3 Å². The molecule has 7 heteroatoms. The molecular formula is C3H7KN2O2S2. The predicted molar refractivity (Wildman–Crippen MR) is 40.6 cm³/mol. The summed E-state index contributed by atoms with van der Waals surface area (Å²) in [6, 6.07) is 0. The first kappa shape index (κ1) is 17.2. The molecule has 10 heavy (non-hydrogen) atoms. The summed E-state index contributed by atoms with van der Waals surface area (Å²) in [7, 11) is 1.43. The molecular weight excluding hydrogens is 199 g/mol. The van der Waals surface area contributed by atoms with E-state index < -0.39 is 5.17 Å². The van der Waals surface area contributed by atoms with Gasteiger partial charge in [-0.25, -0.2) is 0 Å². The molecule has 0 saturated carbocycles. The second-order valence-electron chi connectivity index (χ2n) is 0.842. The molecule has 0 aliphatic heterocycles. The van der Waals surface area contributed by atoms with Gasteiger partial charge in [0.2, 0.25) is 0 Å². The van der Waals surface area contributed by atoms with E-state index in [9.17, 15) is 0 Å². The second kappa shape index (κ2) is 12.7. The van der Waals surface area contributed by atoms with Gasteiger partial charge in [-0.15, -0.1) is 0 Å².